The van der Waals surface area contributed by atoms with Crippen LogP contribution in [-0.4, -0.2) is 18.4 Å². The van der Waals surface area contributed by atoms with E-state index in [0.717, 1.165) is 24.4 Å². The van der Waals surface area contributed by atoms with E-state index >= 15 is 0 Å². The average Bonchev–Trinajstić information content (AvgIpc) is 2.35. The van der Waals surface area contributed by atoms with Gasteiger partial charge in [0.1, 0.15) is 11.0 Å². The zero-order valence-electron chi connectivity index (χ0n) is 9.14. The summed E-state index contributed by atoms with van der Waals surface area (Å²) in [5.41, 5.74) is 0. The number of nitrogens with one attached hydrogen (secondary N) is 1. The molecule has 0 saturated heterocycles. The summed E-state index contributed by atoms with van der Waals surface area (Å²) in [5, 5.41) is -0.155. The smallest absolute Gasteiger partial charge is 0.262 e. The molecule has 0 saturated carbocycles. The van der Waals surface area contributed by atoms with E-state index in [9.17, 15) is 12.8 Å². The van der Waals surface area contributed by atoms with Crippen LogP contribution in [0.5, 0.6) is 0 Å². The predicted octanol–water partition coefficient (Wildman–Crippen LogP) is 2.72. The van der Waals surface area contributed by atoms with Gasteiger partial charge in [-0.3, -0.25) is 4.72 Å². The van der Waals surface area contributed by atoms with Crippen molar-refractivity contribution in [3.8, 4) is 0 Å². The lowest BCUT2D eigenvalue weighted by molar-refractivity contribution is 0.599. The number of hydrogen-bond donors (Lipinski definition) is 1. The van der Waals surface area contributed by atoms with Crippen LogP contribution in [0.25, 0.3) is 0 Å². The Labute approximate surface area is 118 Å². The summed E-state index contributed by atoms with van der Waals surface area (Å²) < 4.78 is 39.1. The third-order valence-electron chi connectivity index (χ3n) is 2.06. The highest BCUT2D eigenvalue weighted by atomic mass is 35.5. The maximum Gasteiger partial charge on any atom is 0.263 e. The molecule has 1 aromatic carbocycles. The van der Waals surface area contributed by atoms with Crippen LogP contribution in [0.4, 0.5) is 10.2 Å². The number of hydrogen-bond acceptors (Lipinski definition) is 4. The summed E-state index contributed by atoms with van der Waals surface area (Å²) in [6, 6.07) is 3.06. The lowest BCUT2D eigenvalue weighted by Gasteiger charge is -2.07. The lowest BCUT2D eigenvalue weighted by Crippen LogP contribution is -2.14. The Balaban J connectivity index is 2.32. The van der Waals surface area contributed by atoms with Gasteiger partial charge >= 0.3 is 0 Å². The van der Waals surface area contributed by atoms with Crippen molar-refractivity contribution in [2.75, 3.05) is 4.72 Å². The summed E-state index contributed by atoms with van der Waals surface area (Å²) in [6.45, 7) is 0. The first-order valence-corrected chi connectivity index (χ1v) is 7.08. The molecule has 100 valence electrons. The van der Waals surface area contributed by atoms with Crippen LogP contribution >= 0.6 is 23.2 Å². The van der Waals surface area contributed by atoms with Gasteiger partial charge < -0.3 is 0 Å². The number of aromatic nitrogens is 2. The molecule has 5 nitrogen and oxygen atoms in total. The van der Waals surface area contributed by atoms with Crippen molar-refractivity contribution in [1.29, 1.82) is 0 Å². The van der Waals surface area contributed by atoms with Gasteiger partial charge in [0.15, 0.2) is 5.82 Å². The van der Waals surface area contributed by atoms with Crippen LogP contribution in [0.3, 0.4) is 0 Å². The largest absolute Gasteiger partial charge is 0.263 e. The second kappa shape index (κ2) is 5.28. The van der Waals surface area contributed by atoms with E-state index in [1.54, 1.807) is 0 Å². The van der Waals surface area contributed by atoms with Gasteiger partial charge in [0, 0.05) is 0 Å². The van der Waals surface area contributed by atoms with Crippen LogP contribution < -0.4 is 4.72 Å². The van der Waals surface area contributed by atoms with Gasteiger partial charge in [-0.2, -0.15) is 0 Å². The van der Waals surface area contributed by atoms with Crippen LogP contribution in [0.2, 0.25) is 10.2 Å². The third kappa shape index (κ3) is 3.31. The first-order valence-electron chi connectivity index (χ1n) is 4.84. The van der Waals surface area contributed by atoms with Crippen LogP contribution in [0, 0.1) is 5.82 Å². The topological polar surface area (TPSA) is 72.0 Å². The number of benzene rings is 1. The molecule has 0 unspecified atom stereocenters. The Bertz CT molecular complexity index is 707. The van der Waals surface area contributed by atoms with Crippen molar-refractivity contribution in [2.45, 2.75) is 4.90 Å². The van der Waals surface area contributed by atoms with Crippen molar-refractivity contribution in [3.05, 3.63) is 46.6 Å². The molecule has 0 aliphatic carbocycles. The van der Waals surface area contributed by atoms with Crippen molar-refractivity contribution in [1.82, 2.24) is 9.97 Å². The van der Waals surface area contributed by atoms with Crippen LogP contribution in [0.15, 0.2) is 35.5 Å². The zero-order valence-corrected chi connectivity index (χ0v) is 11.5. The van der Waals surface area contributed by atoms with Crippen molar-refractivity contribution in [2.24, 2.45) is 0 Å². The monoisotopic (exact) mass is 321 g/mol. The normalized spacial score (nSPS) is 11.3. The third-order valence-corrected chi connectivity index (χ3v) is 3.90. The minimum atomic E-state index is -3.91. The summed E-state index contributed by atoms with van der Waals surface area (Å²) in [7, 11) is -3.91. The molecular formula is C10H6Cl2FN3O2S. The molecule has 0 bridgehead atoms. The maximum absolute atomic E-state index is 13.0. The van der Waals surface area contributed by atoms with E-state index in [-0.39, 0.29) is 20.9 Å². The van der Waals surface area contributed by atoms with Crippen LogP contribution in [0.1, 0.15) is 0 Å². The summed E-state index contributed by atoms with van der Waals surface area (Å²) in [6.07, 6.45) is 2.35. The fraction of sp³-hybridized carbons (Fsp3) is 0. The van der Waals surface area contributed by atoms with E-state index in [4.69, 9.17) is 23.2 Å². The molecule has 9 heteroatoms. The van der Waals surface area contributed by atoms with E-state index in [1.807, 2.05) is 0 Å². The Morgan fingerprint density at radius 2 is 1.89 bits per heavy atom. The molecule has 2 aromatic rings. The molecule has 1 aromatic heterocycles. The molecule has 0 aliphatic rings. The molecule has 0 amide bonds. The lowest BCUT2D eigenvalue weighted by atomic mass is 10.3. The molecule has 1 heterocycles. The number of sulfonamides is 1. The first-order chi connectivity index (χ1) is 8.88. The Morgan fingerprint density at radius 1 is 1.16 bits per heavy atom. The zero-order chi connectivity index (χ0) is 14.0. The molecule has 0 fully saturated rings. The molecular weight excluding hydrogens is 316 g/mol. The summed E-state index contributed by atoms with van der Waals surface area (Å²) >= 11 is 11.1. The molecule has 2 rings (SSSR count). The van der Waals surface area contributed by atoms with E-state index in [0.29, 0.717) is 0 Å². The molecule has 1 N–H and O–H groups in total. The van der Waals surface area contributed by atoms with Gasteiger partial charge in [0.05, 0.1) is 22.3 Å². The Kier molecular flexibility index (Phi) is 3.88. The highest BCUT2D eigenvalue weighted by molar-refractivity contribution is 7.92. The maximum atomic E-state index is 13.0. The van der Waals surface area contributed by atoms with Gasteiger partial charge in [-0.05, 0) is 18.2 Å². The second-order valence-corrected chi connectivity index (χ2v) is 5.88. The SMILES string of the molecule is O=S(=O)(Nc1cnc(Cl)cn1)c1ccc(F)c(Cl)c1. The highest BCUT2D eigenvalue weighted by Gasteiger charge is 2.16. The Hall–Kier alpha value is -1.44. The first kappa shape index (κ1) is 14.0. The molecule has 0 spiro atoms. The van der Waals surface area contributed by atoms with E-state index in [1.165, 1.54) is 6.20 Å². The van der Waals surface area contributed by atoms with Gasteiger partial charge in [-0.25, -0.2) is 22.8 Å². The number of anilines is 1. The number of rotatable bonds is 3. The minimum absolute atomic E-state index is 0.00940. The number of halogens is 3. The fourth-order valence-electron chi connectivity index (χ4n) is 1.21. The van der Waals surface area contributed by atoms with E-state index in [2.05, 4.69) is 14.7 Å². The van der Waals surface area contributed by atoms with E-state index < -0.39 is 15.8 Å². The van der Waals surface area contributed by atoms with Gasteiger partial charge in [0.25, 0.3) is 10.0 Å². The van der Waals surface area contributed by atoms with Crippen molar-refractivity contribution < 1.29 is 12.8 Å². The summed E-state index contributed by atoms with van der Waals surface area (Å²) in [4.78, 5) is 7.23. The average molecular weight is 322 g/mol. The van der Waals surface area contributed by atoms with Crippen LogP contribution in [-0.2, 0) is 10.0 Å². The van der Waals surface area contributed by atoms with Gasteiger partial charge in [-0.15, -0.1) is 0 Å². The molecule has 0 radical (unpaired) electrons. The van der Waals surface area contributed by atoms with Gasteiger partial charge in [0.2, 0.25) is 0 Å². The standard InChI is InChI=1S/C10H6Cl2FN3O2S/c11-7-3-6(1-2-8(7)13)19(17,18)16-10-5-14-9(12)4-15-10/h1-5H,(H,15,16). The molecule has 0 aliphatic heterocycles. The Morgan fingerprint density at radius 3 is 2.47 bits per heavy atom. The van der Waals surface area contributed by atoms with Gasteiger partial charge in [-0.1, -0.05) is 23.2 Å². The van der Waals surface area contributed by atoms with Crippen molar-refractivity contribution in [3.63, 3.8) is 0 Å². The molecule has 0 atom stereocenters. The minimum Gasteiger partial charge on any atom is -0.262 e. The van der Waals surface area contributed by atoms with Crippen molar-refractivity contribution >= 4 is 39.0 Å². The molecule has 19 heavy (non-hydrogen) atoms. The predicted molar refractivity (Wildman–Crippen MR) is 69.3 cm³/mol. The second-order valence-electron chi connectivity index (χ2n) is 3.41. The highest BCUT2D eigenvalue weighted by Crippen LogP contribution is 2.21. The number of nitrogens with zero attached hydrogens (tertiary/aromatic N) is 2. The quantitative estimate of drug-likeness (QED) is 0.943. The fourth-order valence-corrected chi connectivity index (χ4v) is 2.57. The summed E-state index contributed by atoms with van der Waals surface area (Å²) in [5.74, 6) is -0.711.